The first-order chi connectivity index (χ1) is 8.24. The van der Waals surface area contributed by atoms with Gasteiger partial charge in [0.05, 0.1) is 6.04 Å². The van der Waals surface area contributed by atoms with E-state index in [2.05, 4.69) is 23.6 Å². The van der Waals surface area contributed by atoms with Gasteiger partial charge in [0.25, 0.3) is 0 Å². The highest BCUT2D eigenvalue weighted by Crippen LogP contribution is 2.27. The molecule has 0 unspecified atom stereocenters. The molecule has 0 radical (unpaired) electrons. The minimum absolute atomic E-state index is 0.138. The van der Waals surface area contributed by atoms with E-state index in [1.807, 2.05) is 25.2 Å². The molecule has 17 heavy (non-hydrogen) atoms. The number of ether oxygens (including phenoxy) is 1. The predicted octanol–water partition coefficient (Wildman–Crippen LogP) is 2.16. The number of esters is 1. The number of rotatable bonds is 3. The van der Waals surface area contributed by atoms with Gasteiger partial charge in [-0.05, 0) is 19.0 Å². The SMILES string of the molecule is C=CC[C@@H]1C(=O)OC[C@@H](c2ccccc2)N1C. The van der Waals surface area contributed by atoms with E-state index in [9.17, 15) is 4.79 Å². The van der Waals surface area contributed by atoms with Crippen molar-refractivity contribution in [2.24, 2.45) is 0 Å². The smallest absolute Gasteiger partial charge is 0.323 e. The Balaban J connectivity index is 2.20. The molecule has 0 aliphatic carbocycles. The standard InChI is InChI=1S/C14H17NO2/c1-3-7-12-14(16)17-10-13(15(12)2)11-8-5-4-6-9-11/h3-6,8-9,12-13H,1,7,10H2,2H3/t12-,13+/m1/s1. The zero-order valence-electron chi connectivity index (χ0n) is 10.0. The summed E-state index contributed by atoms with van der Waals surface area (Å²) in [5.74, 6) is -0.153. The molecule has 1 aromatic rings. The van der Waals surface area contributed by atoms with Crippen molar-refractivity contribution in [3.8, 4) is 0 Å². The van der Waals surface area contributed by atoms with Crippen LogP contribution in [0.4, 0.5) is 0 Å². The Labute approximate surface area is 102 Å². The van der Waals surface area contributed by atoms with Crippen molar-refractivity contribution >= 4 is 5.97 Å². The fraction of sp³-hybridized carbons (Fsp3) is 0.357. The fourth-order valence-electron chi connectivity index (χ4n) is 2.19. The summed E-state index contributed by atoms with van der Waals surface area (Å²) in [6.45, 7) is 4.11. The molecule has 1 aliphatic rings. The zero-order chi connectivity index (χ0) is 12.3. The summed E-state index contributed by atoms with van der Waals surface area (Å²) in [6.07, 6.45) is 2.38. The molecule has 1 aromatic carbocycles. The van der Waals surface area contributed by atoms with Crippen molar-refractivity contribution in [1.82, 2.24) is 4.90 Å². The van der Waals surface area contributed by atoms with Gasteiger partial charge in [0, 0.05) is 0 Å². The average Bonchev–Trinajstić information content (AvgIpc) is 2.36. The van der Waals surface area contributed by atoms with E-state index in [1.54, 1.807) is 6.08 Å². The van der Waals surface area contributed by atoms with Crippen LogP contribution in [0.25, 0.3) is 0 Å². The number of nitrogens with zero attached hydrogens (tertiary/aromatic N) is 1. The van der Waals surface area contributed by atoms with E-state index in [0.717, 1.165) is 0 Å². The highest BCUT2D eigenvalue weighted by molar-refractivity contribution is 5.76. The topological polar surface area (TPSA) is 29.5 Å². The largest absolute Gasteiger partial charge is 0.462 e. The quantitative estimate of drug-likeness (QED) is 0.589. The molecule has 1 fully saturated rings. The number of benzene rings is 1. The minimum atomic E-state index is -0.216. The van der Waals surface area contributed by atoms with Crippen molar-refractivity contribution in [3.63, 3.8) is 0 Å². The van der Waals surface area contributed by atoms with E-state index in [1.165, 1.54) is 5.56 Å². The summed E-state index contributed by atoms with van der Waals surface area (Å²) in [6, 6.07) is 10.0. The molecule has 1 aliphatic heterocycles. The molecule has 3 nitrogen and oxygen atoms in total. The van der Waals surface area contributed by atoms with Gasteiger partial charge >= 0.3 is 5.97 Å². The number of hydrogen-bond acceptors (Lipinski definition) is 3. The highest BCUT2D eigenvalue weighted by atomic mass is 16.5. The predicted molar refractivity (Wildman–Crippen MR) is 66.5 cm³/mol. The number of likely N-dealkylation sites (N-methyl/N-ethyl adjacent to an activating group) is 1. The Kier molecular flexibility index (Phi) is 3.59. The first kappa shape index (κ1) is 11.9. The molecule has 1 saturated heterocycles. The summed E-state index contributed by atoms with van der Waals surface area (Å²) in [5, 5.41) is 0. The summed E-state index contributed by atoms with van der Waals surface area (Å²) in [5.41, 5.74) is 1.18. The van der Waals surface area contributed by atoms with Crippen LogP contribution in [0.1, 0.15) is 18.0 Å². The Hall–Kier alpha value is -1.61. The van der Waals surface area contributed by atoms with Crippen molar-refractivity contribution in [3.05, 3.63) is 48.6 Å². The molecule has 90 valence electrons. The maximum atomic E-state index is 11.7. The van der Waals surface area contributed by atoms with Crippen molar-refractivity contribution in [1.29, 1.82) is 0 Å². The van der Waals surface area contributed by atoms with Crippen LogP contribution in [0.5, 0.6) is 0 Å². The van der Waals surface area contributed by atoms with Crippen molar-refractivity contribution < 1.29 is 9.53 Å². The van der Waals surface area contributed by atoms with Gasteiger partial charge in [-0.1, -0.05) is 36.4 Å². The molecular weight excluding hydrogens is 214 g/mol. The molecule has 0 aromatic heterocycles. The number of carbonyl (C=O) groups is 1. The van der Waals surface area contributed by atoms with Gasteiger partial charge in [-0.25, -0.2) is 0 Å². The number of carbonyl (C=O) groups excluding carboxylic acids is 1. The van der Waals surface area contributed by atoms with E-state index in [0.29, 0.717) is 13.0 Å². The molecule has 0 bridgehead atoms. The Morgan fingerprint density at radius 3 is 2.82 bits per heavy atom. The second-order valence-electron chi connectivity index (χ2n) is 4.26. The molecule has 1 heterocycles. The minimum Gasteiger partial charge on any atom is -0.462 e. The maximum Gasteiger partial charge on any atom is 0.323 e. The van der Waals surface area contributed by atoms with Gasteiger partial charge in [-0.2, -0.15) is 0 Å². The van der Waals surface area contributed by atoms with E-state index in [4.69, 9.17) is 4.74 Å². The highest BCUT2D eigenvalue weighted by Gasteiger charge is 2.35. The summed E-state index contributed by atoms with van der Waals surface area (Å²) in [4.78, 5) is 13.7. The lowest BCUT2D eigenvalue weighted by Crippen LogP contribution is -2.48. The number of cyclic esters (lactones) is 1. The molecule has 3 heteroatoms. The molecule has 0 amide bonds. The Morgan fingerprint density at radius 2 is 2.18 bits per heavy atom. The first-order valence-corrected chi connectivity index (χ1v) is 5.78. The summed E-state index contributed by atoms with van der Waals surface area (Å²) < 4.78 is 5.25. The lowest BCUT2D eigenvalue weighted by molar-refractivity contribution is -0.161. The first-order valence-electron chi connectivity index (χ1n) is 5.78. The molecular formula is C14H17NO2. The lowest BCUT2D eigenvalue weighted by atomic mass is 10.0. The van der Waals surface area contributed by atoms with Crippen LogP contribution in [0.3, 0.4) is 0 Å². The number of morpholine rings is 1. The third-order valence-electron chi connectivity index (χ3n) is 3.21. The maximum absolute atomic E-state index is 11.7. The molecule has 0 saturated carbocycles. The van der Waals surface area contributed by atoms with Crippen molar-refractivity contribution in [2.75, 3.05) is 13.7 Å². The summed E-state index contributed by atoms with van der Waals surface area (Å²) >= 11 is 0. The van der Waals surface area contributed by atoms with Gasteiger partial charge in [0.2, 0.25) is 0 Å². The van der Waals surface area contributed by atoms with Gasteiger partial charge in [-0.15, -0.1) is 6.58 Å². The van der Waals surface area contributed by atoms with Gasteiger partial charge < -0.3 is 4.74 Å². The second-order valence-corrected chi connectivity index (χ2v) is 4.26. The zero-order valence-corrected chi connectivity index (χ0v) is 10.0. The third kappa shape index (κ3) is 2.39. The molecule has 2 atom stereocenters. The number of hydrogen-bond donors (Lipinski definition) is 0. The molecule has 2 rings (SSSR count). The summed E-state index contributed by atoms with van der Waals surface area (Å²) in [7, 11) is 1.96. The van der Waals surface area contributed by atoms with E-state index < -0.39 is 0 Å². The van der Waals surface area contributed by atoms with E-state index in [-0.39, 0.29) is 18.1 Å². The normalized spacial score (nSPS) is 25.4. The van der Waals surface area contributed by atoms with Crippen molar-refractivity contribution in [2.45, 2.75) is 18.5 Å². The average molecular weight is 231 g/mol. The molecule has 0 spiro atoms. The van der Waals surface area contributed by atoms with Crippen LogP contribution < -0.4 is 0 Å². The fourth-order valence-corrected chi connectivity index (χ4v) is 2.19. The third-order valence-corrected chi connectivity index (χ3v) is 3.21. The Bertz CT molecular complexity index is 402. The van der Waals surface area contributed by atoms with Gasteiger partial charge in [0.1, 0.15) is 12.6 Å². The lowest BCUT2D eigenvalue weighted by Gasteiger charge is -2.37. The van der Waals surface area contributed by atoms with Crippen LogP contribution in [0, 0.1) is 0 Å². The Morgan fingerprint density at radius 1 is 1.47 bits per heavy atom. The van der Waals surface area contributed by atoms with Crippen LogP contribution in [-0.2, 0) is 9.53 Å². The van der Waals surface area contributed by atoms with Crippen LogP contribution in [0.2, 0.25) is 0 Å². The van der Waals surface area contributed by atoms with Crippen LogP contribution in [-0.4, -0.2) is 30.6 Å². The van der Waals surface area contributed by atoms with Gasteiger partial charge in [0.15, 0.2) is 0 Å². The second kappa shape index (κ2) is 5.15. The van der Waals surface area contributed by atoms with Crippen LogP contribution in [0.15, 0.2) is 43.0 Å². The van der Waals surface area contributed by atoms with Crippen LogP contribution >= 0.6 is 0 Å². The molecule has 0 N–H and O–H groups in total. The monoisotopic (exact) mass is 231 g/mol. The van der Waals surface area contributed by atoms with E-state index >= 15 is 0 Å². The van der Waals surface area contributed by atoms with Gasteiger partial charge in [-0.3, -0.25) is 9.69 Å².